The van der Waals surface area contributed by atoms with Crippen molar-refractivity contribution in [2.24, 2.45) is 0 Å². The summed E-state index contributed by atoms with van der Waals surface area (Å²) in [5.41, 5.74) is 16.6. The molecule has 0 radical (unpaired) electrons. The Morgan fingerprint density at radius 3 is 1.67 bits per heavy atom. The third-order valence-corrected chi connectivity index (χ3v) is 11.7. The molecule has 2 nitrogen and oxygen atoms in total. The smallest absolute Gasteiger partial charge is 0.159 e. The van der Waals surface area contributed by atoms with Crippen LogP contribution in [0.4, 0.5) is 17.1 Å². The van der Waals surface area contributed by atoms with Gasteiger partial charge in [0, 0.05) is 22.1 Å². The Labute approximate surface area is 349 Å². The molecule has 2 heteroatoms. The van der Waals surface area contributed by atoms with Crippen LogP contribution in [0.3, 0.4) is 0 Å². The van der Waals surface area contributed by atoms with E-state index in [0.29, 0.717) is 0 Å². The first kappa shape index (κ1) is 35.2. The van der Waals surface area contributed by atoms with Gasteiger partial charge in [-0.1, -0.05) is 194 Å². The first-order valence-electron chi connectivity index (χ1n) is 20.5. The van der Waals surface area contributed by atoms with E-state index in [1.807, 2.05) is 6.07 Å². The number of anilines is 3. The Morgan fingerprint density at radius 2 is 0.867 bits per heavy atom. The van der Waals surface area contributed by atoms with Gasteiger partial charge in [-0.3, -0.25) is 0 Å². The van der Waals surface area contributed by atoms with Crippen LogP contribution in [0, 0.1) is 0 Å². The van der Waals surface area contributed by atoms with Crippen molar-refractivity contribution >= 4 is 49.8 Å². The molecule has 10 aromatic carbocycles. The van der Waals surface area contributed by atoms with Crippen LogP contribution < -0.4 is 4.90 Å². The summed E-state index contributed by atoms with van der Waals surface area (Å²) in [4.78, 5) is 2.34. The fourth-order valence-electron chi connectivity index (χ4n) is 8.83. The molecule has 282 valence electrons. The summed E-state index contributed by atoms with van der Waals surface area (Å²) in [6.45, 7) is 0. The maximum atomic E-state index is 6.71. The molecule has 11 rings (SSSR count). The van der Waals surface area contributed by atoms with E-state index in [2.05, 4.69) is 235 Å². The van der Waals surface area contributed by atoms with E-state index in [-0.39, 0.29) is 0 Å². The third kappa shape index (κ3) is 6.32. The second-order valence-corrected chi connectivity index (χ2v) is 15.3. The Balaban J connectivity index is 1.11. The van der Waals surface area contributed by atoms with E-state index in [0.717, 1.165) is 50.1 Å². The van der Waals surface area contributed by atoms with E-state index in [1.54, 1.807) is 0 Å². The lowest BCUT2D eigenvalue weighted by Gasteiger charge is -2.27. The van der Waals surface area contributed by atoms with Gasteiger partial charge >= 0.3 is 0 Å². The molecule has 0 fully saturated rings. The van der Waals surface area contributed by atoms with Crippen LogP contribution in [-0.4, -0.2) is 0 Å². The lowest BCUT2D eigenvalue weighted by atomic mass is 9.84. The summed E-state index contributed by atoms with van der Waals surface area (Å²) in [6.07, 6.45) is 0. The zero-order valence-electron chi connectivity index (χ0n) is 32.9. The van der Waals surface area contributed by atoms with Gasteiger partial charge in [-0.2, -0.15) is 0 Å². The molecular weight excluding hydrogens is 727 g/mol. The standard InChI is InChI=1S/C58H39NO/c1-3-17-42(18-4-1)49-24-9-10-26-53(49)57-50(43-19-5-2-6-20-43)27-14-28-51(57)46-22-13-23-48(39-46)59(55-30-15-29-54-52-25-11-12-31-56(52)60-58(54)55)47-36-34-41(35-37-47)45-33-32-40-16-7-8-21-44(40)38-45/h1-39H. The van der Waals surface area contributed by atoms with Crippen molar-refractivity contribution in [2.75, 3.05) is 4.90 Å². The van der Waals surface area contributed by atoms with Crippen LogP contribution in [-0.2, 0) is 0 Å². The molecular formula is C58H39NO. The molecule has 11 aromatic rings. The summed E-state index contributed by atoms with van der Waals surface area (Å²) >= 11 is 0. The SMILES string of the molecule is c1ccc(-c2ccccc2-c2c(-c3ccccc3)cccc2-c2cccc(N(c3ccc(-c4ccc5ccccc5c4)cc3)c3cccc4c3oc3ccccc34)c2)cc1. The molecule has 60 heavy (non-hydrogen) atoms. The Kier molecular flexibility index (Phi) is 8.87. The van der Waals surface area contributed by atoms with Crippen molar-refractivity contribution in [3.8, 4) is 55.6 Å². The maximum absolute atomic E-state index is 6.71. The third-order valence-electron chi connectivity index (χ3n) is 11.7. The molecule has 0 unspecified atom stereocenters. The molecule has 0 spiro atoms. The van der Waals surface area contributed by atoms with Crippen molar-refractivity contribution in [3.63, 3.8) is 0 Å². The molecule has 0 amide bonds. The highest BCUT2D eigenvalue weighted by atomic mass is 16.3. The lowest BCUT2D eigenvalue weighted by Crippen LogP contribution is -2.10. The van der Waals surface area contributed by atoms with Gasteiger partial charge in [0.15, 0.2) is 5.58 Å². The predicted octanol–water partition coefficient (Wildman–Crippen LogP) is 16.5. The quantitative estimate of drug-likeness (QED) is 0.153. The van der Waals surface area contributed by atoms with Crippen molar-refractivity contribution in [3.05, 3.63) is 237 Å². The van der Waals surface area contributed by atoms with Gasteiger partial charge in [-0.15, -0.1) is 0 Å². The highest BCUT2D eigenvalue weighted by Crippen LogP contribution is 2.47. The first-order chi connectivity index (χ1) is 29.8. The Bertz CT molecular complexity index is 3310. The highest BCUT2D eigenvalue weighted by Gasteiger charge is 2.22. The zero-order chi connectivity index (χ0) is 39.8. The molecule has 1 aromatic heterocycles. The Morgan fingerprint density at radius 1 is 0.300 bits per heavy atom. The predicted molar refractivity (Wildman–Crippen MR) is 253 cm³/mol. The summed E-state index contributed by atoms with van der Waals surface area (Å²) in [5, 5.41) is 4.67. The van der Waals surface area contributed by atoms with Gasteiger partial charge in [0.25, 0.3) is 0 Å². The maximum Gasteiger partial charge on any atom is 0.159 e. The van der Waals surface area contributed by atoms with Crippen LogP contribution in [0.2, 0.25) is 0 Å². The molecule has 0 bridgehead atoms. The number of fused-ring (bicyclic) bond motifs is 4. The molecule has 1 heterocycles. The highest BCUT2D eigenvalue weighted by molar-refractivity contribution is 6.10. The average Bonchev–Trinajstić information content (AvgIpc) is 3.72. The molecule has 0 aliphatic carbocycles. The number of para-hydroxylation sites is 2. The number of nitrogens with zero attached hydrogens (tertiary/aromatic N) is 1. The molecule has 0 N–H and O–H groups in total. The second kappa shape index (κ2) is 15.1. The monoisotopic (exact) mass is 765 g/mol. The topological polar surface area (TPSA) is 16.4 Å². The van der Waals surface area contributed by atoms with Gasteiger partial charge < -0.3 is 9.32 Å². The summed E-state index contributed by atoms with van der Waals surface area (Å²) in [7, 11) is 0. The molecule has 0 aliphatic heterocycles. The van der Waals surface area contributed by atoms with Crippen molar-refractivity contribution in [1.29, 1.82) is 0 Å². The van der Waals surface area contributed by atoms with E-state index in [9.17, 15) is 0 Å². The van der Waals surface area contributed by atoms with E-state index in [1.165, 1.54) is 55.3 Å². The minimum Gasteiger partial charge on any atom is -0.454 e. The van der Waals surface area contributed by atoms with Crippen LogP contribution in [0.1, 0.15) is 0 Å². The number of hydrogen-bond donors (Lipinski definition) is 0. The summed E-state index contributed by atoms with van der Waals surface area (Å²) < 4.78 is 6.71. The van der Waals surface area contributed by atoms with Crippen molar-refractivity contribution in [1.82, 2.24) is 0 Å². The fraction of sp³-hybridized carbons (Fsp3) is 0. The number of benzene rings is 10. The molecule has 0 saturated carbocycles. The largest absolute Gasteiger partial charge is 0.454 e. The van der Waals surface area contributed by atoms with Crippen molar-refractivity contribution < 1.29 is 4.42 Å². The van der Waals surface area contributed by atoms with Gasteiger partial charge in [-0.25, -0.2) is 0 Å². The number of hydrogen-bond acceptors (Lipinski definition) is 2. The average molecular weight is 766 g/mol. The Hall–Kier alpha value is -7.94. The minimum atomic E-state index is 0.853. The molecule has 0 atom stereocenters. The minimum absolute atomic E-state index is 0.853. The van der Waals surface area contributed by atoms with Crippen LogP contribution in [0.15, 0.2) is 241 Å². The van der Waals surface area contributed by atoms with Gasteiger partial charge in [0.2, 0.25) is 0 Å². The number of rotatable bonds is 8. The number of furan rings is 1. The van der Waals surface area contributed by atoms with Crippen LogP contribution >= 0.6 is 0 Å². The van der Waals surface area contributed by atoms with Gasteiger partial charge in [0.1, 0.15) is 5.58 Å². The molecule has 0 saturated heterocycles. The zero-order valence-corrected chi connectivity index (χ0v) is 32.9. The van der Waals surface area contributed by atoms with Crippen molar-refractivity contribution in [2.45, 2.75) is 0 Å². The molecule has 0 aliphatic rings. The fourth-order valence-corrected chi connectivity index (χ4v) is 8.83. The first-order valence-corrected chi connectivity index (χ1v) is 20.5. The lowest BCUT2D eigenvalue weighted by molar-refractivity contribution is 0.669. The second-order valence-electron chi connectivity index (χ2n) is 15.3. The van der Waals surface area contributed by atoms with Crippen LogP contribution in [0.25, 0.3) is 88.3 Å². The van der Waals surface area contributed by atoms with E-state index < -0.39 is 0 Å². The normalized spacial score (nSPS) is 11.3. The summed E-state index contributed by atoms with van der Waals surface area (Å²) in [5.74, 6) is 0. The van der Waals surface area contributed by atoms with Crippen LogP contribution in [0.5, 0.6) is 0 Å². The van der Waals surface area contributed by atoms with Gasteiger partial charge in [-0.05, 0) is 109 Å². The van der Waals surface area contributed by atoms with E-state index >= 15 is 0 Å². The van der Waals surface area contributed by atoms with Gasteiger partial charge in [0.05, 0.1) is 5.69 Å². The van der Waals surface area contributed by atoms with E-state index in [4.69, 9.17) is 4.42 Å². The summed E-state index contributed by atoms with van der Waals surface area (Å²) in [6, 6.07) is 84.9.